The molecule has 0 aliphatic rings. The van der Waals surface area contributed by atoms with Crippen LogP contribution >= 0.6 is 11.8 Å². The first-order valence-corrected chi connectivity index (χ1v) is 7.73. The molecule has 0 aliphatic heterocycles. The van der Waals surface area contributed by atoms with Crippen LogP contribution in [0.25, 0.3) is 0 Å². The molecule has 0 atom stereocenters. The molecular formula is C14H21N5S. The van der Waals surface area contributed by atoms with E-state index in [1.165, 1.54) is 5.56 Å². The molecule has 1 N–H and O–H groups in total. The number of nitrogens with one attached hydrogen (secondary N) is 1. The number of hydrogen-bond donors (Lipinski definition) is 1. The van der Waals surface area contributed by atoms with Gasteiger partial charge in [-0.25, -0.2) is 9.97 Å². The van der Waals surface area contributed by atoms with Crippen LogP contribution in [0.15, 0.2) is 22.4 Å². The molecule has 0 amide bonds. The summed E-state index contributed by atoms with van der Waals surface area (Å²) < 4.78 is 1.89. The summed E-state index contributed by atoms with van der Waals surface area (Å²) in [5, 5.41) is 9.84. The normalized spacial score (nSPS) is 10.8. The highest BCUT2D eigenvalue weighted by Gasteiger charge is 2.13. The van der Waals surface area contributed by atoms with Gasteiger partial charge in [0.15, 0.2) is 0 Å². The van der Waals surface area contributed by atoms with Gasteiger partial charge in [0.25, 0.3) is 0 Å². The van der Waals surface area contributed by atoms with Gasteiger partial charge in [0, 0.05) is 19.2 Å². The number of aryl methyl sites for hydroxylation is 2. The summed E-state index contributed by atoms with van der Waals surface area (Å²) in [5.41, 5.74) is 2.19. The molecule has 2 aromatic rings. The van der Waals surface area contributed by atoms with Crippen LogP contribution in [0.5, 0.6) is 0 Å². The third-order valence-corrected chi connectivity index (χ3v) is 4.10. The van der Waals surface area contributed by atoms with Crippen molar-refractivity contribution < 1.29 is 0 Å². The Bertz CT molecular complexity index is 579. The quantitative estimate of drug-likeness (QED) is 0.829. The maximum absolute atomic E-state index is 4.43. The molecular weight excluding hydrogens is 270 g/mol. The zero-order valence-electron chi connectivity index (χ0n) is 12.5. The van der Waals surface area contributed by atoms with Crippen molar-refractivity contribution in [3.8, 4) is 0 Å². The summed E-state index contributed by atoms with van der Waals surface area (Å²) in [6.07, 6.45) is 3.62. The molecule has 0 aliphatic carbocycles. The van der Waals surface area contributed by atoms with Crippen molar-refractivity contribution in [2.24, 2.45) is 7.05 Å². The van der Waals surface area contributed by atoms with Crippen molar-refractivity contribution in [2.75, 3.05) is 11.9 Å². The van der Waals surface area contributed by atoms with E-state index in [9.17, 15) is 0 Å². The van der Waals surface area contributed by atoms with Gasteiger partial charge in [0.1, 0.15) is 22.2 Å². The van der Waals surface area contributed by atoms with Crippen molar-refractivity contribution in [2.45, 2.75) is 43.7 Å². The molecule has 0 bridgehead atoms. The smallest absolute Gasteiger partial charge is 0.133 e. The number of hydrogen-bond acceptors (Lipinski definition) is 5. The Balaban J connectivity index is 2.29. The minimum Gasteiger partial charge on any atom is -0.370 e. The van der Waals surface area contributed by atoms with E-state index in [2.05, 4.69) is 40.3 Å². The molecule has 5 nitrogen and oxygen atoms in total. The molecule has 20 heavy (non-hydrogen) atoms. The lowest BCUT2D eigenvalue weighted by Gasteiger charge is -2.12. The summed E-state index contributed by atoms with van der Waals surface area (Å²) in [5.74, 6) is 0.950. The average molecular weight is 291 g/mol. The van der Waals surface area contributed by atoms with Crippen LogP contribution in [0.4, 0.5) is 5.82 Å². The molecule has 2 heterocycles. The van der Waals surface area contributed by atoms with Gasteiger partial charge < -0.3 is 5.32 Å². The second-order valence-corrected chi connectivity index (χ2v) is 5.65. The Morgan fingerprint density at radius 3 is 2.70 bits per heavy atom. The van der Waals surface area contributed by atoms with Crippen molar-refractivity contribution in [1.82, 2.24) is 19.7 Å². The van der Waals surface area contributed by atoms with Crippen LogP contribution < -0.4 is 5.32 Å². The molecule has 0 fully saturated rings. The molecule has 0 radical (unpaired) electrons. The largest absolute Gasteiger partial charge is 0.370 e. The van der Waals surface area contributed by atoms with Crippen LogP contribution in [-0.4, -0.2) is 26.3 Å². The lowest BCUT2D eigenvalue weighted by atomic mass is 10.2. The molecule has 6 heteroatoms. The fourth-order valence-electron chi connectivity index (χ4n) is 1.98. The number of anilines is 1. The second-order valence-electron chi connectivity index (χ2n) is 4.64. The molecule has 0 saturated heterocycles. The Kier molecular flexibility index (Phi) is 5.00. The summed E-state index contributed by atoms with van der Waals surface area (Å²) in [7, 11) is 1.96. The predicted octanol–water partition coefficient (Wildman–Crippen LogP) is 3.05. The first-order chi connectivity index (χ1) is 9.65. The van der Waals surface area contributed by atoms with Gasteiger partial charge in [0.05, 0.1) is 5.69 Å². The van der Waals surface area contributed by atoms with Crippen LogP contribution in [0, 0.1) is 6.92 Å². The lowest BCUT2D eigenvalue weighted by molar-refractivity contribution is 0.691. The molecule has 0 unspecified atom stereocenters. The Hall–Kier alpha value is -1.56. The third-order valence-electron chi connectivity index (χ3n) is 2.96. The van der Waals surface area contributed by atoms with E-state index in [-0.39, 0.29) is 0 Å². The molecule has 0 saturated carbocycles. The zero-order valence-corrected chi connectivity index (χ0v) is 13.3. The summed E-state index contributed by atoms with van der Waals surface area (Å²) >= 11 is 1.64. The van der Waals surface area contributed by atoms with Crippen molar-refractivity contribution >= 4 is 17.6 Å². The van der Waals surface area contributed by atoms with Gasteiger partial charge in [-0.1, -0.05) is 13.8 Å². The Labute approximate surface area is 124 Å². The van der Waals surface area contributed by atoms with Gasteiger partial charge in [-0.15, -0.1) is 0 Å². The fraction of sp³-hybridized carbons (Fsp3) is 0.500. The summed E-state index contributed by atoms with van der Waals surface area (Å²) in [6.45, 7) is 7.21. The van der Waals surface area contributed by atoms with Gasteiger partial charge in [-0.2, -0.15) is 5.10 Å². The highest BCUT2D eigenvalue weighted by molar-refractivity contribution is 7.99. The van der Waals surface area contributed by atoms with E-state index >= 15 is 0 Å². The topological polar surface area (TPSA) is 55.6 Å². The van der Waals surface area contributed by atoms with Crippen molar-refractivity contribution in [1.29, 1.82) is 0 Å². The minimum atomic E-state index is 0.909. The third kappa shape index (κ3) is 3.30. The number of nitrogens with zero attached hydrogens (tertiary/aromatic N) is 4. The lowest BCUT2D eigenvalue weighted by Crippen LogP contribution is -2.07. The van der Waals surface area contributed by atoms with Crippen LogP contribution in [0.1, 0.15) is 31.5 Å². The molecule has 0 spiro atoms. The van der Waals surface area contributed by atoms with Gasteiger partial charge in [-0.3, -0.25) is 4.68 Å². The second kappa shape index (κ2) is 6.74. The summed E-state index contributed by atoms with van der Waals surface area (Å²) in [6, 6.07) is 2.07. The maximum atomic E-state index is 4.43. The zero-order chi connectivity index (χ0) is 14.5. The van der Waals surface area contributed by atoms with Gasteiger partial charge in [0.2, 0.25) is 0 Å². The van der Waals surface area contributed by atoms with Gasteiger partial charge in [-0.05, 0) is 37.6 Å². The predicted molar refractivity (Wildman–Crippen MR) is 82.3 cm³/mol. The van der Waals surface area contributed by atoms with E-state index < -0.39 is 0 Å². The van der Waals surface area contributed by atoms with E-state index in [4.69, 9.17) is 0 Å². The SMILES string of the molecule is CCCNc1ncnc(Sc2cc(C)nn2C)c1CC. The van der Waals surface area contributed by atoms with E-state index in [0.29, 0.717) is 0 Å². The van der Waals surface area contributed by atoms with Crippen molar-refractivity contribution in [3.63, 3.8) is 0 Å². The Morgan fingerprint density at radius 1 is 1.30 bits per heavy atom. The fourth-order valence-corrected chi connectivity index (χ4v) is 3.04. The van der Waals surface area contributed by atoms with E-state index in [1.807, 2.05) is 18.7 Å². The van der Waals surface area contributed by atoms with E-state index in [1.54, 1.807) is 18.1 Å². The number of rotatable bonds is 6. The first-order valence-electron chi connectivity index (χ1n) is 6.91. The molecule has 2 aromatic heterocycles. The van der Waals surface area contributed by atoms with Gasteiger partial charge >= 0.3 is 0 Å². The summed E-state index contributed by atoms with van der Waals surface area (Å²) in [4.78, 5) is 8.79. The molecule has 0 aromatic carbocycles. The number of aromatic nitrogens is 4. The molecule has 2 rings (SSSR count). The standard InChI is InChI=1S/C14H21N5S/c1-5-7-15-13-11(6-2)14(17-9-16-13)20-12-8-10(3)18-19(12)4/h8-9H,5-7H2,1-4H3,(H,15,16,17). The van der Waals surface area contributed by atoms with Crippen LogP contribution in [0.2, 0.25) is 0 Å². The maximum Gasteiger partial charge on any atom is 0.133 e. The van der Waals surface area contributed by atoms with Crippen LogP contribution in [0.3, 0.4) is 0 Å². The molecule has 108 valence electrons. The first kappa shape index (κ1) is 14.8. The average Bonchev–Trinajstić information content (AvgIpc) is 2.74. The highest BCUT2D eigenvalue weighted by atomic mass is 32.2. The monoisotopic (exact) mass is 291 g/mol. The van der Waals surface area contributed by atoms with Crippen molar-refractivity contribution in [3.05, 3.63) is 23.7 Å². The minimum absolute atomic E-state index is 0.909. The van der Waals surface area contributed by atoms with E-state index in [0.717, 1.165) is 41.0 Å². The van der Waals surface area contributed by atoms with Crippen LogP contribution in [-0.2, 0) is 13.5 Å². The Morgan fingerprint density at radius 2 is 2.10 bits per heavy atom. The highest BCUT2D eigenvalue weighted by Crippen LogP contribution is 2.31.